The van der Waals surface area contributed by atoms with Gasteiger partial charge in [-0.25, -0.2) is 13.6 Å². The second-order valence-corrected chi connectivity index (χ2v) is 7.97. The Labute approximate surface area is 109 Å². The number of nitrogens with two attached hydrogens (primary N) is 1. The quantitative estimate of drug-likeness (QED) is 0.856. The Balaban J connectivity index is 2.21. The Hall–Kier alpha value is -0.900. The Morgan fingerprint density at radius 2 is 1.94 bits per heavy atom. The van der Waals surface area contributed by atoms with E-state index in [9.17, 15) is 16.8 Å². The molecule has 1 aromatic carbocycles. The molecule has 1 aliphatic heterocycles. The fourth-order valence-electron chi connectivity index (χ4n) is 1.43. The third-order valence-electron chi connectivity index (χ3n) is 2.21. The molecule has 0 spiro atoms. The van der Waals surface area contributed by atoms with Crippen molar-refractivity contribution in [1.82, 2.24) is 0 Å². The van der Waals surface area contributed by atoms with Crippen LogP contribution in [0.4, 0.5) is 0 Å². The van der Waals surface area contributed by atoms with Crippen molar-refractivity contribution in [2.24, 2.45) is 9.54 Å². The van der Waals surface area contributed by atoms with Gasteiger partial charge in [-0.05, 0) is 6.07 Å². The summed E-state index contributed by atoms with van der Waals surface area (Å²) in [5.74, 6) is -0.0551. The molecule has 0 unspecified atom stereocenters. The monoisotopic (exact) mass is 306 g/mol. The number of thioether (sulfide) groups is 1. The average molecular weight is 306 g/mol. The molecular weight excluding hydrogens is 296 g/mol. The zero-order valence-corrected chi connectivity index (χ0v) is 11.6. The summed E-state index contributed by atoms with van der Waals surface area (Å²) in [6, 6.07) is 6.43. The van der Waals surface area contributed by atoms with Gasteiger partial charge in [0.15, 0.2) is 0 Å². The summed E-state index contributed by atoms with van der Waals surface area (Å²) in [6.07, 6.45) is 0. The number of primary sulfonamides is 1. The lowest BCUT2D eigenvalue weighted by Crippen LogP contribution is -2.18. The molecule has 1 aromatic rings. The van der Waals surface area contributed by atoms with Crippen LogP contribution in [0.1, 0.15) is 5.56 Å². The first-order valence-corrected chi connectivity index (χ1v) is 9.01. The van der Waals surface area contributed by atoms with Crippen molar-refractivity contribution < 1.29 is 16.8 Å². The zero-order valence-electron chi connectivity index (χ0n) is 9.11. The second-order valence-electron chi connectivity index (χ2n) is 3.58. The Bertz CT molecular complexity index is 707. The fourth-order valence-corrected chi connectivity index (χ4v) is 4.90. The molecule has 1 heterocycles. The van der Waals surface area contributed by atoms with E-state index in [1.807, 2.05) is 0 Å². The van der Waals surface area contributed by atoms with E-state index in [4.69, 9.17) is 5.14 Å². The summed E-state index contributed by atoms with van der Waals surface area (Å²) in [7, 11) is -7.18. The largest absolute Gasteiger partial charge is 0.284 e. The number of hydrogen-bond donors (Lipinski definition) is 1. The highest BCUT2D eigenvalue weighted by molar-refractivity contribution is 8.15. The first kappa shape index (κ1) is 13.5. The maximum Gasteiger partial charge on any atom is 0.284 e. The van der Waals surface area contributed by atoms with Gasteiger partial charge in [-0.15, -0.1) is 11.8 Å². The number of fused-ring (bicyclic) bond motifs is 1. The first-order chi connectivity index (χ1) is 8.30. The molecule has 0 atom stereocenters. The molecule has 0 saturated heterocycles. The van der Waals surface area contributed by atoms with Gasteiger partial charge in [0, 0.05) is 11.3 Å². The molecule has 1 aliphatic rings. The summed E-state index contributed by atoms with van der Waals surface area (Å²) >= 11 is 1.07. The van der Waals surface area contributed by atoms with Gasteiger partial charge in [0.05, 0.1) is 10.6 Å². The van der Waals surface area contributed by atoms with E-state index in [0.717, 1.165) is 11.8 Å². The third kappa shape index (κ3) is 2.91. The number of rotatable bonds is 3. The average Bonchev–Trinajstić information content (AvgIpc) is 2.50. The van der Waals surface area contributed by atoms with Crippen LogP contribution in [0.2, 0.25) is 0 Å². The van der Waals surface area contributed by atoms with E-state index in [1.54, 1.807) is 18.2 Å². The summed E-state index contributed by atoms with van der Waals surface area (Å²) in [5, 5.41) is 5.18. The summed E-state index contributed by atoms with van der Waals surface area (Å²) in [5.41, 5.74) is 0.511. The van der Waals surface area contributed by atoms with Gasteiger partial charge < -0.3 is 0 Å². The number of sulfonamides is 2. The highest BCUT2D eigenvalue weighted by Crippen LogP contribution is 2.30. The lowest BCUT2D eigenvalue weighted by Gasteiger charge is -2.00. The standard InChI is InChI=1S/C9H10N2O4S3/c10-17(12,13)6-5-16-9-7-3-1-2-4-8(7)18(14,15)11-9/h1-4H,5-6H2,(H2,10,12,13). The fraction of sp³-hybridized carbons (Fsp3) is 0.222. The van der Waals surface area contributed by atoms with Gasteiger partial charge in [0.25, 0.3) is 10.0 Å². The van der Waals surface area contributed by atoms with Gasteiger partial charge in [0.1, 0.15) is 5.04 Å². The van der Waals surface area contributed by atoms with Crippen molar-refractivity contribution >= 4 is 36.9 Å². The van der Waals surface area contributed by atoms with E-state index in [1.165, 1.54) is 6.07 Å². The van der Waals surface area contributed by atoms with Crippen LogP contribution in [0, 0.1) is 0 Å². The smallest absolute Gasteiger partial charge is 0.229 e. The van der Waals surface area contributed by atoms with E-state index in [2.05, 4.69) is 4.40 Å². The topological polar surface area (TPSA) is 107 Å². The number of nitrogens with zero attached hydrogens (tertiary/aromatic N) is 1. The van der Waals surface area contributed by atoms with Crippen molar-refractivity contribution in [2.75, 3.05) is 11.5 Å². The van der Waals surface area contributed by atoms with E-state index < -0.39 is 20.0 Å². The second kappa shape index (κ2) is 4.65. The highest BCUT2D eigenvalue weighted by Gasteiger charge is 2.28. The minimum absolute atomic E-state index is 0.156. The zero-order chi connectivity index (χ0) is 13.4. The third-order valence-corrected chi connectivity index (χ3v) is 5.68. The van der Waals surface area contributed by atoms with Crippen molar-refractivity contribution in [3.63, 3.8) is 0 Å². The van der Waals surface area contributed by atoms with Gasteiger partial charge >= 0.3 is 0 Å². The van der Waals surface area contributed by atoms with Crippen LogP contribution in [0.5, 0.6) is 0 Å². The molecule has 0 fully saturated rings. The molecule has 2 rings (SSSR count). The number of benzene rings is 1. The Morgan fingerprint density at radius 1 is 1.28 bits per heavy atom. The molecule has 0 amide bonds. The van der Waals surface area contributed by atoms with Crippen molar-refractivity contribution in [2.45, 2.75) is 4.90 Å². The van der Waals surface area contributed by atoms with Gasteiger partial charge in [-0.2, -0.15) is 12.8 Å². The highest BCUT2D eigenvalue weighted by atomic mass is 32.2. The van der Waals surface area contributed by atoms with Crippen LogP contribution >= 0.6 is 11.8 Å². The Morgan fingerprint density at radius 3 is 2.61 bits per heavy atom. The minimum atomic E-state index is -3.63. The molecule has 2 N–H and O–H groups in total. The lowest BCUT2D eigenvalue weighted by atomic mass is 10.2. The molecule has 0 radical (unpaired) electrons. The van der Waals surface area contributed by atoms with Crippen molar-refractivity contribution in [1.29, 1.82) is 0 Å². The summed E-state index contributed by atoms with van der Waals surface area (Å²) < 4.78 is 48.6. The molecular formula is C9H10N2O4S3. The molecule has 18 heavy (non-hydrogen) atoms. The first-order valence-electron chi connectivity index (χ1n) is 4.87. The number of hydrogen-bond acceptors (Lipinski definition) is 5. The molecule has 0 aromatic heterocycles. The van der Waals surface area contributed by atoms with Gasteiger partial charge in [-0.3, -0.25) is 0 Å². The predicted molar refractivity (Wildman–Crippen MR) is 70.6 cm³/mol. The molecule has 9 heteroatoms. The minimum Gasteiger partial charge on any atom is -0.229 e. The van der Waals surface area contributed by atoms with Crippen LogP contribution in [0.3, 0.4) is 0 Å². The van der Waals surface area contributed by atoms with Crippen LogP contribution in [0.25, 0.3) is 0 Å². The van der Waals surface area contributed by atoms with E-state index in [0.29, 0.717) is 10.6 Å². The maximum absolute atomic E-state index is 11.7. The van der Waals surface area contributed by atoms with E-state index >= 15 is 0 Å². The van der Waals surface area contributed by atoms with Crippen LogP contribution in [-0.2, 0) is 20.0 Å². The molecule has 98 valence electrons. The van der Waals surface area contributed by atoms with Crippen molar-refractivity contribution in [3.8, 4) is 0 Å². The normalized spacial score (nSPS) is 17.3. The van der Waals surface area contributed by atoms with Gasteiger partial charge in [0.2, 0.25) is 10.0 Å². The molecule has 0 aliphatic carbocycles. The maximum atomic E-state index is 11.7. The Kier molecular flexibility index (Phi) is 3.49. The van der Waals surface area contributed by atoms with Crippen molar-refractivity contribution in [3.05, 3.63) is 29.8 Å². The van der Waals surface area contributed by atoms with Crippen LogP contribution < -0.4 is 5.14 Å². The van der Waals surface area contributed by atoms with E-state index in [-0.39, 0.29) is 16.4 Å². The summed E-state index contributed by atoms with van der Waals surface area (Å²) in [6.45, 7) is 0. The molecule has 0 saturated carbocycles. The predicted octanol–water partition coefficient (Wildman–Crippen LogP) is 0.157. The lowest BCUT2D eigenvalue weighted by molar-refractivity contribution is 0.597. The van der Waals surface area contributed by atoms with Crippen LogP contribution in [-0.4, -0.2) is 33.4 Å². The molecule has 0 bridgehead atoms. The summed E-state index contributed by atoms with van der Waals surface area (Å²) in [4.78, 5) is 0.156. The molecule has 6 nitrogen and oxygen atoms in total. The SMILES string of the molecule is NS(=O)(=O)CCSC1=NS(=O)(=O)c2ccccc21. The van der Waals surface area contributed by atoms with Crippen LogP contribution in [0.15, 0.2) is 33.6 Å². The van der Waals surface area contributed by atoms with Gasteiger partial charge in [-0.1, -0.05) is 18.2 Å².